The second-order valence-corrected chi connectivity index (χ2v) is 7.97. The van der Waals surface area contributed by atoms with Crippen LogP contribution in [0.15, 0.2) is 11.0 Å². The highest BCUT2D eigenvalue weighted by atomic mass is 16.5. The normalized spacial score (nSPS) is 25.0. The number of hydrogen-bond acceptors (Lipinski definition) is 5. The van der Waals surface area contributed by atoms with E-state index in [1.165, 1.54) is 0 Å². The lowest BCUT2D eigenvalue weighted by molar-refractivity contribution is 0.174. The highest BCUT2D eigenvalue weighted by Gasteiger charge is 2.33. The van der Waals surface area contributed by atoms with Gasteiger partial charge in [-0.15, -0.1) is 0 Å². The molecule has 2 saturated heterocycles. The van der Waals surface area contributed by atoms with E-state index < -0.39 is 0 Å². The summed E-state index contributed by atoms with van der Waals surface area (Å²) in [6, 6.07) is 0. The summed E-state index contributed by atoms with van der Waals surface area (Å²) in [6.45, 7) is 9.81. The van der Waals surface area contributed by atoms with E-state index in [1.54, 1.807) is 6.20 Å². The van der Waals surface area contributed by atoms with Crippen LogP contribution in [0, 0.1) is 11.8 Å². The first kappa shape index (κ1) is 15.6. The van der Waals surface area contributed by atoms with Gasteiger partial charge in [0, 0.05) is 26.3 Å². The Balaban J connectivity index is 1.66. The molecule has 4 rings (SSSR count). The molecule has 0 aromatic carbocycles. The first-order chi connectivity index (χ1) is 11.4. The molecule has 1 N–H and O–H groups in total. The smallest absolute Gasteiger partial charge is 0.263 e. The fourth-order valence-electron chi connectivity index (χ4n) is 3.84. The summed E-state index contributed by atoms with van der Waals surface area (Å²) in [5, 5.41) is 4.92. The zero-order chi connectivity index (χ0) is 16.9. The third kappa shape index (κ3) is 2.60. The van der Waals surface area contributed by atoms with Crippen LogP contribution in [-0.2, 0) is 10.3 Å². The van der Waals surface area contributed by atoms with Gasteiger partial charge in [-0.25, -0.2) is 4.68 Å². The first-order valence-corrected chi connectivity index (χ1v) is 8.75. The minimum Gasteiger partial charge on any atom is -0.381 e. The molecule has 0 amide bonds. The van der Waals surface area contributed by atoms with Crippen molar-refractivity contribution in [3.63, 3.8) is 0 Å². The molecule has 4 heterocycles. The van der Waals surface area contributed by atoms with Crippen molar-refractivity contribution in [1.29, 1.82) is 0 Å². The monoisotopic (exact) mass is 331 g/mol. The second kappa shape index (κ2) is 5.58. The molecular formula is C17H25N5O2. The largest absolute Gasteiger partial charge is 0.381 e. The van der Waals surface area contributed by atoms with Gasteiger partial charge in [0.2, 0.25) is 5.95 Å². The molecule has 0 radical (unpaired) electrons. The topological polar surface area (TPSA) is 76.0 Å². The van der Waals surface area contributed by atoms with Gasteiger partial charge in [0.25, 0.3) is 5.56 Å². The lowest BCUT2D eigenvalue weighted by atomic mass is 9.91. The maximum Gasteiger partial charge on any atom is 0.263 e. The van der Waals surface area contributed by atoms with Gasteiger partial charge >= 0.3 is 0 Å². The van der Waals surface area contributed by atoms with E-state index in [9.17, 15) is 4.79 Å². The molecule has 2 aliphatic rings. The Bertz CT molecular complexity index is 797. The fourth-order valence-corrected chi connectivity index (χ4v) is 3.84. The SMILES string of the molecule is CC(C)(C)n1ncc2c(=O)[nH]c(N3CCC(C4CCOC4)C3)nc21. The fraction of sp³-hybridized carbons (Fsp3) is 0.706. The van der Waals surface area contributed by atoms with Crippen LogP contribution in [0.3, 0.4) is 0 Å². The minimum atomic E-state index is -0.214. The molecule has 0 aliphatic carbocycles. The van der Waals surface area contributed by atoms with Crippen molar-refractivity contribution >= 4 is 17.0 Å². The van der Waals surface area contributed by atoms with Crippen molar-refractivity contribution in [3.8, 4) is 0 Å². The second-order valence-electron chi connectivity index (χ2n) is 7.97. The van der Waals surface area contributed by atoms with Crippen molar-refractivity contribution in [2.45, 2.75) is 39.2 Å². The van der Waals surface area contributed by atoms with Crippen LogP contribution in [0.4, 0.5) is 5.95 Å². The lowest BCUT2D eigenvalue weighted by Crippen LogP contribution is -2.28. The molecule has 0 bridgehead atoms. The van der Waals surface area contributed by atoms with E-state index in [0.29, 0.717) is 28.8 Å². The van der Waals surface area contributed by atoms with Crippen LogP contribution in [0.1, 0.15) is 33.6 Å². The first-order valence-electron chi connectivity index (χ1n) is 8.75. The molecule has 7 heteroatoms. The average Bonchev–Trinajstić information content (AvgIpc) is 3.25. The van der Waals surface area contributed by atoms with Crippen molar-refractivity contribution in [3.05, 3.63) is 16.6 Å². The standard InChI is InChI=1S/C17H25N5O2/c1-17(2,3)22-14-13(8-18-22)15(23)20-16(19-14)21-6-4-11(9-21)12-5-7-24-10-12/h8,11-12H,4-7,9-10H2,1-3H3,(H,19,20,23). The van der Waals surface area contributed by atoms with Gasteiger partial charge in [0.1, 0.15) is 5.39 Å². The van der Waals surface area contributed by atoms with Crippen LogP contribution >= 0.6 is 0 Å². The molecule has 7 nitrogen and oxygen atoms in total. The highest BCUT2D eigenvalue weighted by molar-refractivity contribution is 5.74. The van der Waals surface area contributed by atoms with Crippen LogP contribution in [0.2, 0.25) is 0 Å². The summed E-state index contributed by atoms with van der Waals surface area (Å²) >= 11 is 0. The summed E-state index contributed by atoms with van der Waals surface area (Å²) in [5.74, 6) is 1.94. The Morgan fingerprint density at radius 2 is 2.12 bits per heavy atom. The molecule has 24 heavy (non-hydrogen) atoms. The lowest BCUT2D eigenvalue weighted by Gasteiger charge is -2.22. The highest BCUT2D eigenvalue weighted by Crippen LogP contribution is 2.31. The Morgan fingerprint density at radius 1 is 1.29 bits per heavy atom. The van der Waals surface area contributed by atoms with E-state index in [0.717, 1.165) is 39.1 Å². The molecule has 2 fully saturated rings. The van der Waals surface area contributed by atoms with Crippen LogP contribution in [-0.4, -0.2) is 46.1 Å². The Hall–Kier alpha value is -1.89. The number of H-pyrrole nitrogens is 1. The molecule has 0 spiro atoms. The van der Waals surface area contributed by atoms with E-state index >= 15 is 0 Å². The summed E-state index contributed by atoms with van der Waals surface area (Å²) < 4.78 is 7.36. The van der Waals surface area contributed by atoms with E-state index in [-0.39, 0.29) is 11.1 Å². The Labute approximate surface area is 141 Å². The van der Waals surface area contributed by atoms with Gasteiger partial charge in [-0.2, -0.15) is 10.1 Å². The number of fused-ring (bicyclic) bond motifs is 1. The number of nitrogens with zero attached hydrogens (tertiary/aromatic N) is 4. The van der Waals surface area contributed by atoms with Crippen molar-refractivity contribution < 1.29 is 4.74 Å². The van der Waals surface area contributed by atoms with Crippen LogP contribution in [0.5, 0.6) is 0 Å². The van der Waals surface area contributed by atoms with Crippen LogP contribution in [0.25, 0.3) is 11.0 Å². The average molecular weight is 331 g/mol. The summed E-state index contributed by atoms with van der Waals surface area (Å²) in [5.41, 5.74) is 0.334. The number of nitrogens with one attached hydrogen (secondary N) is 1. The third-order valence-electron chi connectivity index (χ3n) is 5.22. The zero-order valence-electron chi connectivity index (χ0n) is 14.6. The summed E-state index contributed by atoms with van der Waals surface area (Å²) in [7, 11) is 0. The van der Waals surface area contributed by atoms with Gasteiger partial charge in [-0.3, -0.25) is 9.78 Å². The summed E-state index contributed by atoms with van der Waals surface area (Å²) in [4.78, 5) is 22.3. The quantitative estimate of drug-likeness (QED) is 0.907. The Morgan fingerprint density at radius 3 is 2.83 bits per heavy atom. The van der Waals surface area contributed by atoms with E-state index in [1.807, 2.05) is 4.68 Å². The number of hydrogen-bond donors (Lipinski definition) is 1. The molecule has 2 aromatic rings. The van der Waals surface area contributed by atoms with Crippen LogP contribution < -0.4 is 10.5 Å². The maximum absolute atomic E-state index is 12.4. The Kier molecular flexibility index (Phi) is 3.63. The predicted octanol–water partition coefficient (Wildman–Crippen LogP) is 1.74. The van der Waals surface area contributed by atoms with Gasteiger partial charge in [0.05, 0.1) is 11.7 Å². The third-order valence-corrected chi connectivity index (χ3v) is 5.22. The molecule has 2 unspecified atom stereocenters. The van der Waals surface area contributed by atoms with Crippen molar-refractivity contribution in [2.75, 3.05) is 31.2 Å². The van der Waals surface area contributed by atoms with E-state index in [4.69, 9.17) is 9.72 Å². The molecule has 130 valence electrons. The van der Waals surface area contributed by atoms with E-state index in [2.05, 4.69) is 35.8 Å². The molecular weight excluding hydrogens is 306 g/mol. The maximum atomic E-state index is 12.4. The molecule has 2 aromatic heterocycles. The number of aromatic nitrogens is 4. The zero-order valence-corrected chi connectivity index (χ0v) is 14.6. The molecule has 2 atom stereocenters. The van der Waals surface area contributed by atoms with Gasteiger partial charge < -0.3 is 9.64 Å². The number of rotatable bonds is 2. The number of anilines is 1. The minimum absolute atomic E-state index is 0.113. The van der Waals surface area contributed by atoms with Crippen molar-refractivity contribution in [1.82, 2.24) is 19.7 Å². The predicted molar refractivity (Wildman–Crippen MR) is 92.4 cm³/mol. The molecule has 0 saturated carbocycles. The van der Waals surface area contributed by atoms with Crippen molar-refractivity contribution in [2.24, 2.45) is 11.8 Å². The number of ether oxygens (including phenoxy) is 1. The molecule has 2 aliphatic heterocycles. The summed E-state index contributed by atoms with van der Waals surface area (Å²) in [6.07, 6.45) is 3.89. The van der Waals surface area contributed by atoms with Gasteiger partial charge in [-0.1, -0.05) is 0 Å². The number of aromatic amines is 1. The van der Waals surface area contributed by atoms with Gasteiger partial charge in [0.15, 0.2) is 5.65 Å². The van der Waals surface area contributed by atoms with Gasteiger partial charge in [-0.05, 0) is 45.4 Å².